The van der Waals surface area contributed by atoms with E-state index in [1.165, 1.54) is 37.7 Å². The van der Waals surface area contributed by atoms with Crippen LogP contribution in [-0.2, 0) is 20.8 Å². The molecule has 3 fully saturated rings. The molecule has 4 atom stereocenters. The summed E-state index contributed by atoms with van der Waals surface area (Å²) in [7, 11) is 0. The lowest BCUT2D eigenvalue weighted by molar-refractivity contribution is -0.0393. The normalized spacial score (nSPS) is 33.7. The molecular weight excluding hydrogens is 302 g/mol. The van der Waals surface area contributed by atoms with E-state index in [0.29, 0.717) is 19.3 Å². The summed E-state index contributed by atoms with van der Waals surface area (Å²) in [5, 5.41) is 3.71. The van der Waals surface area contributed by atoms with Gasteiger partial charge in [0.05, 0.1) is 25.9 Å². The largest absolute Gasteiger partial charge is 0.371 e. The Morgan fingerprint density at radius 3 is 2.58 bits per heavy atom. The fourth-order valence-corrected chi connectivity index (χ4v) is 4.27. The lowest BCUT2D eigenvalue weighted by atomic mass is 9.89. The highest BCUT2D eigenvalue weighted by atomic mass is 16.6. The highest BCUT2D eigenvalue weighted by Gasteiger charge is 2.48. The minimum Gasteiger partial charge on any atom is -0.371 e. The van der Waals surface area contributed by atoms with E-state index in [0.717, 1.165) is 19.1 Å². The molecule has 4 nitrogen and oxygen atoms in total. The minimum absolute atomic E-state index is 0.0525. The molecule has 0 amide bonds. The van der Waals surface area contributed by atoms with Crippen LogP contribution in [0.5, 0.6) is 0 Å². The first-order valence-electron chi connectivity index (χ1n) is 9.52. The molecule has 24 heavy (non-hydrogen) atoms. The van der Waals surface area contributed by atoms with E-state index < -0.39 is 0 Å². The van der Waals surface area contributed by atoms with Crippen molar-refractivity contribution in [1.29, 1.82) is 0 Å². The van der Waals surface area contributed by atoms with Crippen LogP contribution in [0, 0.1) is 5.92 Å². The third-order valence-corrected chi connectivity index (χ3v) is 5.71. The highest BCUT2D eigenvalue weighted by Crippen LogP contribution is 2.30. The second-order valence-corrected chi connectivity index (χ2v) is 7.45. The average molecular weight is 331 g/mol. The maximum Gasteiger partial charge on any atom is 0.114 e. The van der Waals surface area contributed by atoms with Gasteiger partial charge < -0.3 is 19.5 Å². The van der Waals surface area contributed by atoms with Crippen LogP contribution in [-0.4, -0.2) is 44.1 Å². The number of benzene rings is 1. The van der Waals surface area contributed by atoms with Crippen molar-refractivity contribution in [3.05, 3.63) is 35.9 Å². The molecule has 0 radical (unpaired) electrons. The van der Waals surface area contributed by atoms with Crippen LogP contribution >= 0.6 is 0 Å². The van der Waals surface area contributed by atoms with Gasteiger partial charge in [-0.05, 0) is 30.9 Å². The van der Waals surface area contributed by atoms with Crippen LogP contribution < -0.4 is 5.32 Å². The Balaban J connectivity index is 1.24. The summed E-state index contributed by atoms with van der Waals surface area (Å²) >= 11 is 0. The van der Waals surface area contributed by atoms with E-state index in [1.807, 2.05) is 18.2 Å². The number of hydrogen-bond donors (Lipinski definition) is 1. The second kappa shape index (κ2) is 7.96. The van der Waals surface area contributed by atoms with Gasteiger partial charge >= 0.3 is 0 Å². The summed E-state index contributed by atoms with van der Waals surface area (Å²) in [6.07, 6.45) is 7.23. The van der Waals surface area contributed by atoms with Crippen molar-refractivity contribution < 1.29 is 14.2 Å². The van der Waals surface area contributed by atoms with Crippen molar-refractivity contribution in [3.8, 4) is 0 Å². The van der Waals surface area contributed by atoms with Gasteiger partial charge in [-0.15, -0.1) is 0 Å². The standard InChI is InChI=1S/C20H29NO3/c1-3-7-15(8-4-1)11-21-17-13-23-20-18(14-24-19(17)20)22-12-16-9-5-2-6-10-16/h2,5-6,9-10,15,17-21H,1,3-4,7-8,11-14H2. The van der Waals surface area contributed by atoms with E-state index >= 15 is 0 Å². The summed E-state index contributed by atoms with van der Waals surface area (Å²) in [5.74, 6) is 0.837. The molecule has 1 aromatic rings. The van der Waals surface area contributed by atoms with E-state index in [4.69, 9.17) is 14.2 Å². The zero-order valence-electron chi connectivity index (χ0n) is 14.4. The molecule has 4 rings (SSSR count). The Bertz CT molecular complexity index is 503. The van der Waals surface area contributed by atoms with E-state index in [-0.39, 0.29) is 18.3 Å². The zero-order chi connectivity index (χ0) is 16.2. The number of nitrogens with one attached hydrogen (secondary N) is 1. The topological polar surface area (TPSA) is 39.7 Å². The summed E-state index contributed by atoms with van der Waals surface area (Å²) in [4.78, 5) is 0. The van der Waals surface area contributed by atoms with Crippen molar-refractivity contribution in [2.24, 2.45) is 5.92 Å². The molecule has 2 heterocycles. The molecule has 4 heteroatoms. The minimum atomic E-state index is 0.0525. The van der Waals surface area contributed by atoms with Gasteiger partial charge in [-0.25, -0.2) is 0 Å². The fourth-order valence-electron chi connectivity index (χ4n) is 4.27. The molecule has 0 aromatic heterocycles. The van der Waals surface area contributed by atoms with Gasteiger partial charge in [-0.2, -0.15) is 0 Å². The SMILES string of the molecule is c1ccc(COC2COC3C(NCC4CCCCC4)COC23)cc1. The molecule has 0 spiro atoms. The smallest absolute Gasteiger partial charge is 0.114 e. The van der Waals surface area contributed by atoms with Crippen LogP contribution in [0.15, 0.2) is 30.3 Å². The number of ether oxygens (including phenoxy) is 3. The van der Waals surface area contributed by atoms with Crippen molar-refractivity contribution >= 4 is 0 Å². The molecule has 1 saturated carbocycles. The lowest BCUT2D eigenvalue weighted by Gasteiger charge is -2.25. The van der Waals surface area contributed by atoms with Gasteiger partial charge in [0.25, 0.3) is 0 Å². The molecule has 1 N–H and O–H groups in total. The third kappa shape index (κ3) is 3.83. The predicted molar refractivity (Wildman–Crippen MR) is 92.9 cm³/mol. The maximum absolute atomic E-state index is 6.07. The van der Waals surface area contributed by atoms with E-state index in [9.17, 15) is 0 Å². The zero-order valence-corrected chi connectivity index (χ0v) is 14.4. The maximum atomic E-state index is 6.07. The third-order valence-electron chi connectivity index (χ3n) is 5.71. The van der Waals surface area contributed by atoms with Crippen LogP contribution in [0.1, 0.15) is 37.7 Å². The molecule has 0 bridgehead atoms. The first kappa shape index (κ1) is 16.5. The summed E-state index contributed by atoms with van der Waals surface area (Å²) in [6, 6.07) is 10.6. The highest BCUT2D eigenvalue weighted by molar-refractivity contribution is 5.13. The molecule has 3 aliphatic rings. The Kier molecular flexibility index (Phi) is 5.48. The lowest BCUT2D eigenvalue weighted by Crippen LogP contribution is -2.43. The van der Waals surface area contributed by atoms with Gasteiger partial charge in [-0.1, -0.05) is 49.6 Å². The molecule has 4 unspecified atom stereocenters. The fraction of sp³-hybridized carbons (Fsp3) is 0.700. The van der Waals surface area contributed by atoms with Crippen molar-refractivity contribution in [3.63, 3.8) is 0 Å². The van der Waals surface area contributed by atoms with Crippen LogP contribution in [0.2, 0.25) is 0 Å². The van der Waals surface area contributed by atoms with Crippen molar-refractivity contribution in [2.75, 3.05) is 19.8 Å². The molecule has 2 saturated heterocycles. The van der Waals surface area contributed by atoms with E-state index in [2.05, 4.69) is 17.4 Å². The Morgan fingerprint density at radius 1 is 0.958 bits per heavy atom. The molecular formula is C20H29NO3. The van der Waals surface area contributed by atoms with Crippen molar-refractivity contribution in [1.82, 2.24) is 5.32 Å². The van der Waals surface area contributed by atoms with Gasteiger partial charge in [0.15, 0.2) is 0 Å². The van der Waals surface area contributed by atoms with Crippen LogP contribution in [0.25, 0.3) is 0 Å². The van der Waals surface area contributed by atoms with Gasteiger partial charge in [0, 0.05) is 0 Å². The quantitative estimate of drug-likeness (QED) is 0.870. The van der Waals surface area contributed by atoms with Gasteiger partial charge in [-0.3, -0.25) is 0 Å². The number of fused-ring (bicyclic) bond motifs is 1. The van der Waals surface area contributed by atoms with Gasteiger partial charge in [0.1, 0.15) is 18.3 Å². The van der Waals surface area contributed by atoms with Gasteiger partial charge in [0.2, 0.25) is 0 Å². The first-order valence-corrected chi connectivity index (χ1v) is 9.52. The van der Waals surface area contributed by atoms with Crippen LogP contribution in [0.3, 0.4) is 0 Å². The van der Waals surface area contributed by atoms with Crippen LogP contribution in [0.4, 0.5) is 0 Å². The molecule has 1 aliphatic carbocycles. The summed E-state index contributed by atoms with van der Waals surface area (Å²) < 4.78 is 18.1. The predicted octanol–water partition coefficient (Wildman–Crippen LogP) is 2.91. The number of hydrogen-bond acceptors (Lipinski definition) is 4. The Hall–Kier alpha value is -0.940. The first-order chi connectivity index (χ1) is 11.9. The Morgan fingerprint density at radius 2 is 1.75 bits per heavy atom. The number of rotatable bonds is 6. The Labute approximate surface area is 144 Å². The molecule has 1 aromatic carbocycles. The van der Waals surface area contributed by atoms with E-state index in [1.54, 1.807) is 0 Å². The second-order valence-electron chi connectivity index (χ2n) is 7.45. The summed E-state index contributed by atoms with van der Waals surface area (Å²) in [5.41, 5.74) is 1.20. The molecule has 2 aliphatic heterocycles. The van der Waals surface area contributed by atoms with Crippen molar-refractivity contribution in [2.45, 2.75) is 63.1 Å². The molecule has 132 valence electrons. The monoisotopic (exact) mass is 331 g/mol. The summed E-state index contributed by atoms with van der Waals surface area (Å²) in [6.45, 7) is 3.12. The average Bonchev–Trinajstić information content (AvgIpc) is 3.22.